The number of fused-ring (bicyclic) bond motifs is 1. The van der Waals surface area contributed by atoms with Crippen LogP contribution in [0.2, 0.25) is 0 Å². The second-order valence-corrected chi connectivity index (χ2v) is 9.05. The van der Waals surface area contributed by atoms with Gasteiger partial charge in [-0.1, -0.05) is 59.8 Å². The molecule has 3 aromatic heterocycles. The number of imidazole rings is 1. The average molecular weight is 574 g/mol. The first-order valence-electron chi connectivity index (χ1n) is 15.0. The Labute approximate surface area is 244 Å². The van der Waals surface area contributed by atoms with Crippen molar-refractivity contribution in [1.82, 2.24) is 19.7 Å². The van der Waals surface area contributed by atoms with Gasteiger partial charge in [0.1, 0.15) is 0 Å². The van der Waals surface area contributed by atoms with Crippen LogP contribution in [0, 0.1) is 6.92 Å². The van der Waals surface area contributed by atoms with E-state index < -0.39 is 37.6 Å². The zero-order valence-electron chi connectivity index (χ0n) is 26.9. The van der Waals surface area contributed by atoms with Crippen molar-refractivity contribution in [3.05, 3.63) is 111 Å². The van der Waals surface area contributed by atoms with Gasteiger partial charge in [-0.2, -0.15) is 4.98 Å². The Morgan fingerprint density at radius 1 is 1.05 bits per heavy atom. The number of aryl methyl sites for hydroxylation is 1. The average Bonchev–Trinajstić information content (AvgIpc) is 3.71. The van der Waals surface area contributed by atoms with Gasteiger partial charge < -0.3 is 18.3 Å². The zero-order valence-corrected chi connectivity index (χ0v) is 21.9. The quantitative estimate of drug-likeness (QED) is 0.240. The summed E-state index contributed by atoms with van der Waals surface area (Å²) in [6, 6.07) is 18.5. The van der Waals surface area contributed by atoms with Crippen LogP contribution >= 0.6 is 0 Å². The van der Waals surface area contributed by atoms with Gasteiger partial charge in [0.25, 0.3) is 6.01 Å². The molecule has 0 fully saturated rings. The fourth-order valence-electron chi connectivity index (χ4n) is 4.57. The number of rotatable bonds is 9. The highest BCUT2D eigenvalue weighted by atomic mass is 16.6. The predicted molar refractivity (Wildman–Crippen MR) is 149 cm³/mol. The van der Waals surface area contributed by atoms with Crippen LogP contribution in [-0.2, 0) is 17.9 Å². The number of ether oxygens (including phenoxy) is 2. The highest BCUT2D eigenvalue weighted by molar-refractivity contribution is 6.02. The van der Waals surface area contributed by atoms with E-state index in [1.54, 1.807) is 30.3 Å². The Hall–Kier alpha value is -5.65. The largest absolute Gasteiger partial charge is 0.519 e. The summed E-state index contributed by atoms with van der Waals surface area (Å²) in [4.78, 5) is 43.1. The molecule has 6 aromatic rings. The molecule has 0 aliphatic rings. The number of nitrogens with zero attached hydrogens (tertiary/aromatic N) is 3. The normalized spacial score (nSPS) is 13.6. The van der Waals surface area contributed by atoms with Gasteiger partial charge in [-0.05, 0) is 42.6 Å². The Morgan fingerprint density at radius 3 is 2.57 bits per heavy atom. The minimum atomic E-state index is -3.16. The number of hydrogen-bond donors (Lipinski definition) is 1. The van der Waals surface area contributed by atoms with Gasteiger partial charge in [0, 0.05) is 9.68 Å². The zero-order chi connectivity index (χ0) is 33.5. The molecule has 12 heteroatoms. The Bertz CT molecular complexity index is 2210. The molecular formula is C30H24N4O8. The second kappa shape index (κ2) is 11.1. The maximum absolute atomic E-state index is 13.3. The molecule has 0 unspecified atom stereocenters. The maximum Gasteiger partial charge on any atom is 0.519 e. The van der Waals surface area contributed by atoms with Crippen LogP contribution in [0.5, 0.6) is 6.01 Å². The van der Waals surface area contributed by atoms with E-state index >= 15 is 0 Å². The number of benzene rings is 3. The van der Waals surface area contributed by atoms with Crippen LogP contribution in [0.1, 0.15) is 41.1 Å². The Morgan fingerprint density at radius 2 is 1.86 bits per heavy atom. The van der Waals surface area contributed by atoms with Crippen LogP contribution in [-0.4, -0.2) is 32.2 Å². The molecule has 0 aliphatic heterocycles. The number of carbonyl (C=O) groups is 1. The van der Waals surface area contributed by atoms with E-state index in [1.807, 2.05) is 24.3 Å². The van der Waals surface area contributed by atoms with Crippen molar-refractivity contribution in [2.24, 2.45) is 0 Å². The molecule has 212 valence electrons. The highest BCUT2D eigenvalue weighted by Gasteiger charge is 2.22. The number of para-hydroxylation sites is 1. The molecule has 0 spiro atoms. The minimum Gasteiger partial charge on any atom is -0.465 e. The summed E-state index contributed by atoms with van der Waals surface area (Å²) in [5.41, 5.74) is 3.19. The Kier molecular flexibility index (Phi) is 5.58. The molecule has 0 saturated carbocycles. The van der Waals surface area contributed by atoms with Crippen LogP contribution in [0.4, 0.5) is 0 Å². The number of esters is 1. The molecule has 0 radical (unpaired) electrons. The smallest absolute Gasteiger partial charge is 0.465 e. The third-order valence-corrected chi connectivity index (χ3v) is 6.49. The number of carbonyl (C=O) groups excluding carboxylic acids is 1. The van der Waals surface area contributed by atoms with Crippen molar-refractivity contribution in [3.63, 3.8) is 0 Å². The number of nitrogens with one attached hydrogen (secondary N) is 1. The molecule has 0 amide bonds. The van der Waals surface area contributed by atoms with E-state index in [-0.39, 0.29) is 46.5 Å². The van der Waals surface area contributed by atoms with Crippen molar-refractivity contribution >= 4 is 17.0 Å². The first-order valence-corrected chi connectivity index (χ1v) is 12.5. The van der Waals surface area contributed by atoms with Gasteiger partial charge in [0.2, 0.25) is 0 Å². The Balaban J connectivity index is 1.38. The number of H-pyrrole nitrogens is 1. The van der Waals surface area contributed by atoms with Gasteiger partial charge >= 0.3 is 17.5 Å². The molecule has 0 bridgehead atoms. The van der Waals surface area contributed by atoms with E-state index in [1.165, 1.54) is 23.6 Å². The summed E-state index contributed by atoms with van der Waals surface area (Å²) in [5, 5.41) is 3.78. The van der Waals surface area contributed by atoms with Crippen LogP contribution in [0.3, 0.4) is 0 Å². The lowest BCUT2D eigenvalue weighted by Gasteiger charge is -2.12. The SMILES string of the molecule is [2H]C([2H])([2H])C([2H])([2H])Oc1nc2cccc(C(=O)OCc3oc(=O)oc3C)c2n1Cc1ccc(-c2ccccc2-c2noc(=O)[nH]2)cc1. The molecule has 0 saturated heterocycles. The second-order valence-electron chi connectivity index (χ2n) is 9.05. The molecule has 12 nitrogen and oxygen atoms in total. The van der Waals surface area contributed by atoms with Crippen molar-refractivity contribution in [2.45, 2.75) is 26.9 Å². The van der Waals surface area contributed by atoms with Gasteiger partial charge in [-0.3, -0.25) is 14.1 Å². The molecule has 0 aliphatic carbocycles. The van der Waals surface area contributed by atoms with E-state index in [4.69, 9.17) is 25.2 Å². The molecular weight excluding hydrogens is 544 g/mol. The van der Waals surface area contributed by atoms with Gasteiger partial charge in [-0.15, -0.1) is 0 Å². The van der Waals surface area contributed by atoms with E-state index in [9.17, 15) is 14.4 Å². The summed E-state index contributed by atoms with van der Waals surface area (Å²) >= 11 is 0. The molecule has 42 heavy (non-hydrogen) atoms. The number of aromatic nitrogens is 4. The predicted octanol–water partition coefficient (Wildman–Crippen LogP) is 4.71. The number of aromatic amines is 1. The number of hydrogen-bond acceptors (Lipinski definition) is 10. The maximum atomic E-state index is 13.3. The summed E-state index contributed by atoms with van der Waals surface area (Å²) in [6.45, 7) is -5.24. The summed E-state index contributed by atoms with van der Waals surface area (Å²) in [5.74, 6) is -2.03. The van der Waals surface area contributed by atoms with E-state index in [0.717, 1.165) is 11.1 Å². The lowest BCUT2D eigenvalue weighted by molar-refractivity contribution is 0.0444. The van der Waals surface area contributed by atoms with Crippen molar-refractivity contribution < 1.29 is 34.5 Å². The van der Waals surface area contributed by atoms with Gasteiger partial charge in [0.15, 0.2) is 24.0 Å². The summed E-state index contributed by atoms with van der Waals surface area (Å²) in [6.07, 6.45) is 0. The lowest BCUT2D eigenvalue weighted by atomic mass is 9.98. The first kappa shape index (κ1) is 21.1. The molecule has 1 N–H and O–H groups in total. The van der Waals surface area contributed by atoms with Crippen molar-refractivity contribution in [2.75, 3.05) is 6.56 Å². The van der Waals surface area contributed by atoms with Crippen molar-refractivity contribution in [1.29, 1.82) is 0 Å². The third-order valence-electron chi connectivity index (χ3n) is 6.49. The van der Waals surface area contributed by atoms with Gasteiger partial charge in [0.05, 0.1) is 32.4 Å². The van der Waals surface area contributed by atoms with E-state index in [0.29, 0.717) is 11.1 Å². The monoisotopic (exact) mass is 573 g/mol. The fourth-order valence-corrected chi connectivity index (χ4v) is 4.57. The van der Waals surface area contributed by atoms with Crippen LogP contribution < -0.4 is 16.3 Å². The van der Waals surface area contributed by atoms with Crippen molar-refractivity contribution in [3.8, 4) is 28.5 Å². The molecule has 6 rings (SSSR count). The molecule has 0 atom stereocenters. The summed E-state index contributed by atoms with van der Waals surface area (Å²) in [7, 11) is 0. The van der Waals surface area contributed by atoms with Crippen LogP contribution in [0.15, 0.2) is 89.7 Å². The van der Waals surface area contributed by atoms with Crippen LogP contribution in [0.25, 0.3) is 33.5 Å². The first-order chi connectivity index (χ1) is 22.3. The fraction of sp³-hybridized carbons (Fsp3) is 0.167. The standard InChI is InChI=1S/C30H24N4O8/c1-3-38-28-31-23-10-6-9-22(27(35)39-16-24-17(2)40-30(37)41-24)25(23)34(28)15-18-11-13-19(14-12-18)20-7-4-5-8-21(20)26-32-29(36)42-33-26/h4-14H,3,15-16H2,1-2H3,(H,32,33,36)/i1D3,3D2. The third kappa shape index (κ3) is 5.12. The van der Waals surface area contributed by atoms with Gasteiger partial charge in [-0.25, -0.2) is 14.4 Å². The molecule has 3 heterocycles. The van der Waals surface area contributed by atoms with E-state index in [2.05, 4.69) is 19.6 Å². The highest BCUT2D eigenvalue weighted by Crippen LogP contribution is 2.31. The molecule has 3 aromatic carbocycles. The lowest BCUT2D eigenvalue weighted by Crippen LogP contribution is -2.10. The topological polar surface area (TPSA) is 156 Å². The summed E-state index contributed by atoms with van der Waals surface area (Å²) < 4.78 is 65.5. The minimum absolute atomic E-state index is 0.00921.